The Morgan fingerprint density at radius 2 is 1.79 bits per heavy atom. The molecule has 24 heavy (non-hydrogen) atoms. The van der Waals surface area contributed by atoms with Crippen LogP contribution in [-0.2, 0) is 4.79 Å². The van der Waals surface area contributed by atoms with Crippen LogP contribution in [0.5, 0.6) is 0 Å². The van der Waals surface area contributed by atoms with E-state index in [2.05, 4.69) is 10.3 Å². The molecule has 1 aromatic heterocycles. The molecule has 0 saturated carbocycles. The molecule has 0 aliphatic rings. The fourth-order valence-corrected chi connectivity index (χ4v) is 3.95. The van der Waals surface area contributed by atoms with E-state index in [1.807, 2.05) is 73.0 Å². The van der Waals surface area contributed by atoms with Crippen LogP contribution >= 0.6 is 23.1 Å². The van der Waals surface area contributed by atoms with E-state index < -0.39 is 0 Å². The zero-order valence-electron chi connectivity index (χ0n) is 13.3. The van der Waals surface area contributed by atoms with Crippen LogP contribution in [0.1, 0.15) is 18.5 Å². The summed E-state index contributed by atoms with van der Waals surface area (Å²) in [6, 6.07) is 20.0. The lowest BCUT2D eigenvalue weighted by Crippen LogP contribution is -2.28. The first-order valence-corrected chi connectivity index (χ1v) is 9.57. The van der Waals surface area contributed by atoms with Crippen LogP contribution in [-0.4, -0.2) is 16.6 Å². The van der Waals surface area contributed by atoms with Crippen molar-refractivity contribution in [1.29, 1.82) is 0 Å². The van der Waals surface area contributed by atoms with Gasteiger partial charge in [-0.3, -0.25) is 4.79 Å². The van der Waals surface area contributed by atoms with E-state index in [1.165, 1.54) is 11.8 Å². The number of carbonyl (C=O) groups excluding carboxylic acids is 1. The van der Waals surface area contributed by atoms with Gasteiger partial charge in [-0.2, -0.15) is 0 Å². The van der Waals surface area contributed by atoms with Crippen molar-refractivity contribution < 1.29 is 4.79 Å². The first kappa shape index (κ1) is 16.7. The predicted octanol–water partition coefficient (Wildman–Crippen LogP) is 4.78. The minimum atomic E-state index is 0.00970. The lowest BCUT2D eigenvalue weighted by atomic mass is 10.1. The van der Waals surface area contributed by atoms with Gasteiger partial charge in [0.25, 0.3) is 0 Å². The number of amides is 1. The van der Waals surface area contributed by atoms with Crippen LogP contribution in [0.3, 0.4) is 0 Å². The maximum absolute atomic E-state index is 12.1. The second-order valence-electron chi connectivity index (χ2n) is 5.35. The Kier molecular flexibility index (Phi) is 5.67. The first-order valence-electron chi connectivity index (χ1n) is 7.70. The predicted molar refractivity (Wildman–Crippen MR) is 101 cm³/mol. The molecule has 122 valence electrons. The van der Waals surface area contributed by atoms with Gasteiger partial charge in [0, 0.05) is 10.9 Å². The summed E-state index contributed by atoms with van der Waals surface area (Å²) in [5.74, 6) is 0.395. The molecule has 3 rings (SSSR count). The molecule has 0 saturated heterocycles. The summed E-state index contributed by atoms with van der Waals surface area (Å²) < 4.78 is 0.913. The molecule has 0 fully saturated rings. The third-order valence-corrected chi connectivity index (χ3v) is 5.58. The maximum Gasteiger partial charge on any atom is 0.230 e. The smallest absolute Gasteiger partial charge is 0.230 e. The third kappa shape index (κ3) is 4.46. The van der Waals surface area contributed by atoms with Crippen LogP contribution in [0.25, 0.3) is 11.3 Å². The highest BCUT2D eigenvalue weighted by Crippen LogP contribution is 2.28. The van der Waals surface area contributed by atoms with Gasteiger partial charge >= 0.3 is 0 Å². The number of benzene rings is 2. The van der Waals surface area contributed by atoms with Gasteiger partial charge in [0.2, 0.25) is 5.91 Å². The molecule has 0 spiro atoms. The number of thiazole rings is 1. The molecule has 2 aromatic carbocycles. The lowest BCUT2D eigenvalue weighted by Gasteiger charge is -2.13. The molecule has 3 aromatic rings. The van der Waals surface area contributed by atoms with Gasteiger partial charge in [0.05, 0.1) is 17.5 Å². The average molecular weight is 355 g/mol. The van der Waals surface area contributed by atoms with Gasteiger partial charge in [0.15, 0.2) is 4.34 Å². The quantitative estimate of drug-likeness (QED) is 0.648. The Labute approximate surface area is 150 Å². The van der Waals surface area contributed by atoms with Crippen molar-refractivity contribution in [3.8, 4) is 11.3 Å². The van der Waals surface area contributed by atoms with Crippen molar-refractivity contribution in [2.24, 2.45) is 0 Å². The summed E-state index contributed by atoms with van der Waals surface area (Å²) in [6.45, 7) is 1.99. The molecule has 0 radical (unpaired) electrons. The van der Waals surface area contributed by atoms with Crippen molar-refractivity contribution in [3.05, 3.63) is 71.6 Å². The van der Waals surface area contributed by atoms with Gasteiger partial charge in [-0.1, -0.05) is 72.4 Å². The van der Waals surface area contributed by atoms with E-state index in [4.69, 9.17) is 0 Å². The van der Waals surface area contributed by atoms with Crippen LogP contribution in [0.15, 0.2) is 70.4 Å². The number of aromatic nitrogens is 1. The molecule has 5 heteroatoms. The number of carbonyl (C=O) groups is 1. The molecule has 1 heterocycles. The van der Waals surface area contributed by atoms with Gasteiger partial charge in [0.1, 0.15) is 0 Å². The standard InChI is InChI=1S/C19H18N2OS2/c1-14(15-8-4-2-5-9-15)20-18(22)13-24-19-21-17(12-23-19)16-10-6-3-7-11-16/h2-12,14H,13H2,1H3,(H,20,22)/t14-/m0/s1. The number of hydrogen-bond donors (Lipinski definition) is 1. The number of nitrogens with zero attached hydrogens (tertiary/aromatic N) is 1. The van der Waals surface area contributed by atoms with Crippen molar-refractivity contribution in [1.82, 2.24) is 10.3 Å². The molecule has 0 unspecified atom stereocenters. The molecular formula is C19H18N2OS2. The monoisotopic (exact) mass is 354 g/mol. The van der Waals surface area contributed by atoms with Crippen molar-refractivity contribution >= 4 is 29.0 Å². The molecule has 1 N–H and O–H groups in total. The van der Waals surface area contributed by atoms with E-state index in [9.17, 15) is 4.79 Å². The van der Waals surface area contributed by atoms with Crippen molar-refractivity contribution in [2.75, 3.05) is 5.75 Å². The van der Waals surface area contributed by atoms with E-state index in [1.54, 1.807) is 11.3 Å². The zero-order chi connectivity index (χ0) is 16.8. The summed E-state index contributed by atoms with van der Waals surface area (Å²) >= 11 is 3.05. The minimum Gasteiger partial charge on any atom is -0.349 e. The van der Waals surface area contributed by atoms with Crippen molar-refractivity contribution in [2.45, 2.75) is 17.3 Å². The molecular weight excluding hydrogens is 336 g/mol. The highest BCUT2D eigenvalue weighted by atomic mass is 32.2. The van der Waals surface area contributed by atoms with Gasteiger partial charge in [-0.05, 0) is 12.5 Å². The van der Waals surface area contributed by atoms with Crippen LogP contribution in [0, 0.1) is 0 Å². The van der Waals surface area contributed by atoms with Gasteiger partial charge in [-0.15, -0.1) is 11.3 Å². The topological polar surface area (TPSA) is 42.0 Å². The molecule has 3 nitrogen and oxygen atoms in total. The van der Waals surface area contributed by atoms with Crippen LogP contribution in [0.2, 0.25) is 0 Å². The van der Waals surface area contributed by atoms with Gasteiger partial charge < -0.3 is 5.32 Å². The third-order valence-electron chi connectivity index (χ3n) is 3.56. The highest BCUT2D eigenvalue weighted by Gasteiger charge is 2.11. The Morgan fingerprint density at radius 1 is 1.12 bits per heavy atom. The summed E-state index contributed by atoms with van der Waals surface area (Å²) in [4.78, 5) is 16.7. The normalized spacial score (nSPS) is 11.9. The zero-order valence-corrected chi connectivity index (χ0v) is 14.9. The first-order chi connectivity index (χ1) is 11.7. The number of hydrogen-bond acceptors (Lipinski definition) is 4. The highest BCUT2D eigenvalue weighted by molar-refractivity contribution is 8.01. The second kappa shape index (κ2) is 8.13. The fourth-order valence-electron chi connectivity index (χ4n) is 2.30. The molecule has 0 bridgehead atoms. The lowest BCUT2D eigenvalue weighted by molar-refractivity contribution is -0.119. The fraction of sp³-hybridized carbons (Fsp3) is 0.158. The van der Waals surface area contributed by atoms with Crippen LogP contribution < -0.4 is 5.32 Å². The molecule has 1 atom stereocenters. The number of thioether (sulfide) groups is 1. The van der Waals surface area contributed by atoms with Gasteiger partial charge in [-0.25, -0.2) is 4.98 Å². The Balaban J connectivity index is 1.53. The summed E-state index contributed by atoms with van der Waals surface area (Å²) in [5, 5.41) is 5.05. The minimum absolute atomic E-state index is 0.00970. The average Bonchev–Trinajstić information content (AvgIpc) is 3.10. The molecule has 0 aliphatic heterocycles. The van der Waals surface area contributed by atoms with E-state index in [-0.39, 0.29) is 11.9 Å². The SMILES string of the molecule is C[C@H](NC(=O)CSc1nc(-c2ccccc2)cs1)c1ccccc1. The van der Waals surface area contributed by atoms with Crippen LogP contribution in [0.4, 0.5) is 0 Å². The van der Waals surface area contributed by atoms with E-state index >= 15 is 0 Å². The number of rotatable bonds is 6. The summed E-state index contributed by atoms with van der Waals surface area (Å²) in [6.07, 6.45) is 0. The van der Waals surface area contributed by atoms with E-state index in [0.29, 0.717) is 5.75 Å². The Hall–Kier alpha value is -2.11. The Morgan fingerprint density at radius 3 is 2.50 bits per heavy atom. The number of nitrogens with one attached hydrogen (secondary N) is 1. The Bertz CT molecular complexity index is 787. The second-order valence-corrected chi connectivity index (χ2v) is 7.43. The summed E-state index contributed by atoms with van der Waals surface area (Å²) in [7, 11) is 0. The molecule has 0 aliphatic carbocycles. The van der Waals surface area contributed by atoms with E-state index in [0.717, 1.165) is 21.2 Å². The largest absolute Gasteiger partial charge is 0.349 e. The summed E-state index contributed by atoms with van der Waals surface area (Å²) in [5.41, 5.74) is 3.17. The van der Waals surface area contributed by atoms with Crippen molar-refractivity contribution in [3.63, 3.8) is 0 Å². The molecule has 1 amide bonds. The maximum atomic E-state index is 12.1.